The van der Waals surface area contributed by atoms with E-state index in [0.717, 1.165) is 30.0 Å². The molecule has 0 bridgehead atoms. The summed E-state index contributed by atoms with van der Waals surface area (Å²) in [6.45, 7) is 9.70. The predicted octanol–water partition coefficient (Wildman–Crippen LogP) is 2.22. The first-order valence-electron chi connectivity index (χ1n) is 9.14. The number of thiazole rings is 1. The third-order valence-electron chi connectivity index (χ3n) is 4.65. The highest BCUT2D eigenvalue weighted by Gasteiger charge is 2.34. The third-order valence-corrected chi connectivity index (χ3v) is 5.56. The topological polar surface area (TPSA) is 94.6 Å². The van der Waals surface area contributed by atoms with Gasteiger partial charge in [-0.25, -0.2) is 9.78 Å². The fraction of sp³-hybridized carbons (Fsp3) is 0.722. The molecule has 0 spiro atoms. The highest BCUT2D eigenvalue weighted by atomic mass is 32.1. The van der Waals surface area contributed by atoms with Crippen LogP contribution < -0.4 is 10.6 Å². The number of hydrogen-bond donors (Lipinski definition) is 3. The summed E-state index contributed by atoms with van der Waals surface area (Å²) >= 11 is 1.63. The minimum absolute atomic E-state index is 0.0489. The van der Waals surface area contributed by atoms with E-state index in [-0.39, 0.29) is 30.1 Å². The van der Waals surface area contributed by atoms with Gasteiger partial charge in [0, 0.05) is 35.8 Å². The van der Waals surface area contributed by atoms with Crippen LogP contribution in [0.15, 0.2) is 5.38 Å². The minimum Gasteiger partial charge on any atom is -0.480 e. The van der Waals surface area contributed by atoms with Gasteiger partial charge < -0.3 is 15.7 Å². The van der Waals surface area contributed by atoms with Gasteiger partial charge in [0.2, 0.25) is 0 Å². The van der Waals surface area contributed by atoms with Crippen molar-refractivity contribution in [3.8, 4) is 0 Å². The number of nitrogens with one attached hydrogen (secondary N) is 2. The molecule has 2 rings (SSSR count). The van der Waals surface area contributed by atoms with Crippen molar-refractivity contribution >= 4 is 23.3 Å². The van der Waals surface area contributed by atoms with Crippen molar-refractivity contribution in [1.29, 1.82) is 0 Å². The molecule has 1 heterocycles. The molecule has 146 valence electrons. The van der Waals surface area contributed by atoms with Gasteiger partial charge in [0.25, 0.3) is 0 Å². The molecule has 26 heavy (non-hydrogen) atoms. The van der Waals surface area contributed by atoms with E-state index in [2.05, 4.69) is 41.8 Å². The van der Waals surface area contributed by atoms with Gasteiger partial charge in [-0.15, -0.1) is 11.3 Å². The van der Waals surface area contributed by atoms with Crippen LogP contribution in [0.5, 0.6) is 0 Å². The summed E-state index contributed by atoms with van der Waals surface area (Å²) < 4.78 is 0. The summed E-state index contributed by atoms with van der Waals surface area (Å²) in [7, 11) is 0. The standard InChI is InChI=1S/C18H30N4O3S/c1-5-22(10-16(23)24)13-8-12(9-13)20-17(25)19-7-6-15-21-14(11-26-15)18(2,3)4/h11-13H,5-10H2,1-4H3,(H,23,24)(H2,19,20,25). The molecule has 1 fully saturated rings. The number of rotatable bonds is 8. The van der Waals surface area contributed by atoms with Crippen LogP contribution in [0.4, 0.5) is 4.79 Å². The SMILES string of the molecule is CCN(CC(=O)O)C1CC(NC(=O)NCCc2nc(C(C)(C)C)cs2)C1. The van der Waals surface area contributed by atoms with E-state index in [1.807, 2.05) is 11.8 Å². The lowest BCUT2D eigenvalue weighted by atomic mass is 9.85. The summed E-state index contributed by atoms with van der Waals surface area (Å²) in [4.78, 5) is 29.4. The molecule has 1 aromatic heterocycles. The van der Waals surface area contributed by atoms with E-state index in [4.69, 9.17) is 5.11 Å². The van der Waals surface area contributed by atoms with Crippen molar-refractivity contribution in [2.24, 2.45) is 0 Å². The molecule has 2 amide bonds. The first-order chi connectivity index (χ1) is 12.2. The van der Waals surface area contributed by atoms with Crippen LogP contribution in [-0.2, 0) is 16.6 Å². The van der Waals surface area contributed by atoms with Gasteiger partial charge in [-0.05, 0) is 19.4 Å². The van der Waals surface area contributed by atoms with Gasteiger partial charge in [0.1, 0.15) is 0 Å². The zero-order valence-electron chi connectivity index (χ0n) is 16.0. The van der Waals surface area contributed by atoms with E-state index in [9.17, 15) is 9.59 Å². The van der Waals surface area contributed by atoms with Crippen LogP contribution in [-0.4, -0.2) is 58.7 Å². The number of carbonyl (C=O) groups excluding carboxylic acids is 1. The number of likely N-dealkylation sites (N-methyl/N-ethyl adjacent to an activating group) is 1. The molecule has 1 saturated carbocycles. The van der Waals surface area contributed by atoms with Crippen LogP contribution in [0.25, 0.3) is 0 Å². The van der Waals surface area contributed by atoms with Gasteiger partial charge in [-0.2, -0.15) is 0 Å². The van der Waals surface area contributed by atoms with Gasteiger partial charge in [0.15, 0.2) is 0 Å². The predicted molar refractivity (Wildman–Crippen MR) is 103 cm³/mol. The number of carbonyl (C=O) groups is 2. The Bertz CT molecular complexity index is 620. The fourth-order valence-corrected chi connectivity index (χ4v) is 3.99. The van der Waals surface area contributed by atoms with Gasteiger partial charge >= 0.3 is 12.0 Å². The zero-order valence-corrected chi connectivity index (χ0v) is 16.9. The smallest absolute Gasteiger partial charge is 0.317 e. The first-order valence-corrected chi connectivity index (χ1v) is 10.0. The van der Waals surface area contributed by atoms with Crippen molar-refractivity contribution in [3.63, 3.8) is 0 Å². The monoisotopic (exact) mass is 382 g/mol. The maximum absolute atomic E-state index is 12.0. The lowest BCUT2D eigenvalue weighted by molar-refractivity contribution is -0.139. The quantitative estimate of drug-likeness (QED) is 0.641. The number of aromatic nitrogens is 1. The summed E-state index contributed by atoms with van der Waals surface area (Å²) in [6, 6.07) is 0.199. The number of carboxylic acids is 1. The van der Waals surface area contributed by atoms with Gasteiger partial charge in [-0.3, -0.25) is 9.69 Å². The molecule has 0 radical (unpaired) electrons. The van der Waals surface area contributed by atoms with Gasteiger partial charge in [0.05, 0.1) is 17.2 Å². The molecule has 8 heteroatoms. The van der Waals surface area contributed by atoms with E-state index >= 15 is 0 Å². The van der Waals surface area contributed by atoms with Crippen molar-refractivity contribution in [1.82, 2.24) is 20.5 Å². The highest BCUT2D eigenvalue weighted by molar-refractivity contribution is 7.09. The minimum atomic E-state index is -0.808. The number of carboxylic acid groups (broad SMARTS) is 1. The molecule has 0 aliphatic heterocycles. The fourth-order valence-electron chi connectivity index (χ4n) is 2.97. The lowest BCUT2D eigenvalue weighted by Crippen LogP contribution is -2.56. The number of hydrogen-bond acceptors (Lipinski definition) is 5. The second kappa shape index (κ2) is 8.81. The molecule has 1 aliphatic rings. The number of nitrogens with zero attached hydrogens (tertiary/aromatic N) is 2. The second-order valence-electron chi connectivity index (χ2n) is 7.81. The van der Waals surface area contributed by atoms with Crippen LogP contribution in [0.2, 0.25) is 0 Å². The highest BCUT2D eigenvalue weighted by Crippen LogP contribution is 2.25. The Morgan fingerprint density at radius 3 is 2.62 bits per heavy atom. The van der Waals surface area contributed by atoms with E-state index in [0.29, 0.717) is 13.1 Å². The zero-order chi connectivity index (χ0) is 19.3. The van der Waals surface area contributed by atoms with E-state index in [1.54, 1.807) is 11.3 Å². The average molecular weight is 383 g/mol. The first kappa shape index (κ1) is 20.6. The van der Waals surface area contributed by atoms with Gasteiger partial charge in [-0.1, -0.05) is 27.7 Å². The lowest BCUT2D eigenvalue weighted by Gasteiger charge is -2.42. The Balaban J connectivity index is 1.64. The normalized spacial score (nSPS) is 19.9. The number of amides is 2. The van der Waals surface area contributed by atoms with E-state index in [1.165, 1.54) is 0 Å². The van der Waals surface area contributed by atoms with Crippen molar-refractivity contribution in [2.45, 2.75) is 64.5 Å². The molecule has 3 N–H and O–H groups in total. The van der Waals surface area contributed by atoms with Crippen LogP contribution in [0.1, 0.15) is 51.2 Å². The molecular weight excluding hydrogens is 352 g/mol. The van der Waals surface area contributed by atoms with Crippen molar-refractivity contribution < 1.29 is 14.7 Å². The Morgan fingerprint density at radius 2 is 2.08 bits per heavy atom. The van der Waals surface area contributed by atoms with Crippen LogP contribution in [0.3, 0.4) is 0 Å². The summed E-state index contributed by atoms with van der Waals surface area (Å²) in [5, 5.41) is 17.9. The summed E-state index contributed by atoms with van der Waals surface area (Å²) in [6.07, 6.45) is 2.33. The molecule has 7 nitrogen and oxygen atoms in total. The summed E-state index contributed by atoms with van der Waals surface area (Å²) in [5.41, 5.74) is 1.14. The molecule has 0 atom stereocenters. The van der Waals surface area contributed by atoms with Crippen molar-refractivity contribution in [3.05, 3.63) is 16.1 Å². The van der Waals surface area contributed by atoms with Crippen LogP contribution >= 0.6 is 11.3 Å². The molecule has 1 aliphatic carbocycles. The average Bonchev–Trinajstić information content (AvgIpc) is 2.97. The molecular formula is C18H30N4O3S. The maximum atomic E-state index is 12.0. The van der Waals surface area contributed by atoms with Crippen molar-refractivity contribution in [2.75, 3.05) is 19.6 Å². The second-order valence-corrected chi connectivity index (χ2v) is 8.75. The van der Waals surface area contributed by atoms with Crippen LogP contribution in [0, 0.1) is 0 Å². The number of aliphatic carboxylic acids is 1. The maximum Gasteiger partial charge on any atom is 0.317 e. The molecule has 1 aromatic rings. The third kappa shape index (κ3) is 5.95. The van der Waals surface area contributed by atoms with E-state index < -0.39 is 5.97 Å². The molecule has 0 saturated heterocycles. The Morgan fingerprint density at radius 1 is 1.38 bits per heavy atom. The Hall–Kier alpha value is -1.67. The number of urea groups is 1. The Kier molecular flexibility index (Phi) is 7.00. The molecule has 0 aromatic carbocycles. The molecule has 0 unspecified atom stereocenters. The Labute approximate surface area is 159 Å². The summed E-state index contributed by atoms with van der Waals surface area (Å²) in [5.74, 6) is -0.808. The largest absolute Gasteiger partial charge is 0.480 e.